The van der Waals surface area contributed by atoms with Crippen molar-refractivity contribution in [3.8, 4) is 5.75 Å². The molecule has 1 atom stereocenters. The van der Waals surface area contributed by atoms with E-state index < -0.39 is 10.0 Å². The van der Waals surface area contributed by atoms with Crippen LogP contribution in [-0.4, -0.2) is 38.1 Å². The van der Waals surface area contributed by atoms with Gasteiger partial charge in [0.1, 0.15) is 5.75 Å². The number of likely N-dealkylation sites (tertiary alicyclic amines) is 1. The molecule has 1 aliphatic heterocycles. The zero-order valence-corrected chi connectivity index (χ0v) is 20.6. The average Bonchev–Trinajstić information content (AvgIpc) is 2.85. The van der Waals surface area contributed by atoms with Crippen molar-refractivity contribution < 1.29 is 13.5 Å². The van der Waals surface area contributed by atoms with Crippen LogP contribution in [0, 0.1) is 5.92 Å². The van der Waals surface area contributed by atoms with E-state index >= 15 is 0 Å². The molecule has 0 aromatic heterocycles. The number of aromatic hydroxyl groups is 1. The Balaban J connectivity index is 1.49. The van der Waals surface area contributed by atoms with Gasteiger partial charge in [0.2, 0.25) is 0 Å². The molecule has 0 saturated carbocycles. The van der Waals surface area contributed by atoms with Gasteiger partial charge in [-0.2, -0.15) is 0 Å². The summed E-state index contributed by atoms with van der Waals surface area (Å²) in [6.07, 6.45) is 4.72. The highest BCUT2D eigenvalue weighted by Crippen LogP contribution is 2.27. The molecule has 0 radical (unpaired) electrons. The SMILES string of the molecule is CC1CCCN(CCCc2ccc(N(Cc3ccc(O)cc3)S(=O)(=O)c3ccccc3)cc2)C1. The summed E-state index contributed by atoms with van der Waals surface area (Å²) >= 11 is 0. The zero-order valence-electron chi connectivity index (χ0n) is 19.8. The molecule has 6 heteroatoms. The molecule has 3 aromatic rings. The molecule has 1 aliphatic rings. The monoisotopic (exact) mass is 478 g/mol. The average molecular weight is 479 g/mol. The predicted molar refractivity (Wildman–Crippen MR) is 138 cm³/mol. The highest BCUT2D eigenvalue weighted by Gasteiger charge is 2.25. The van der Waals surface area contributed by atoms with Crippen LogP contribution in [0.4, 0.5) is 5.69 Å². The van der Waals surface area contributed by atoms with Crippen LogP contribution in [0.5, 0.6) is 5.75 Å². The van der Waals surface area contributed by atoms with Gasteiger partial charge in [-0.15, -0.1) is 0 Å². The second kappa shape index (κ2) is 11.1. The third-order valence-corrected chi connectivity index (χ3v) is 8.29. The summed E-state index contributed by atoms with van der Waals surface area (Å²) in [6.45, 7) is 6.03. The molecule has 1 unspecified atom stereocenters. The fraction of sp³-hybridized carbons (Fsp3) is 0.357. The lowest BCUT2D eigenvalue weighted by Gasteiger charge is -2.30. The summed E-state index contributed by atoms with van der Waals surface area (Å²) in [5.41, 5.74) is 2.65. The Morgan fingerprint density at radius 1 is 0.941 bits per heavy atom. The first-order chi connectivity index (χ1) is 16.4. The Kier molecular flexibility index (Phi) is 7.91. The molecular weight excluding hydrogens is 444 g/mol. The number of benzene rings is 3. The second-order valence-corrected chi connectivity index (χ2v) is 11.2. The van der Waals surface area contributed by atoms with Crippen LogP contribution in [0.15, 0.2) is 83.8 Å². The number of rotatable bonds is 9. The van der Waals surface area contributed by atoms with Crippen molar-refractivity contribution in [1.29, 1.82) is 0 Å². The minimum Gasteiger partial charge on any atom is -0.508 e. The molecule has 4 rings (SSSR count). The molecule has 0 aliphatic carbocycles. The van der Waals surface area contributed by atoms with Crippen molar-refractivity contribution in [1.82, 2.24) is 4.90 Å². The molecule has 1 N–H and O–H groups in total. The molecule has 180 valence electrons. The van der Waals surface area contributed by atoms with Gasteiger partial charge in [-0.25, -0.2) is 8.42 Å². The largest absolute Gasteiger partial charge is 0.508 e. The second-order valence-electron chi connectivity index (χ2n) is 9.31. The number of sulfonamides is 1. The molecule has 1 heterocycles. The molecule has 3 aromatic carbocycles. The number of piperidine rings is 1. The van der Waals surface area contributed by atoms with E-state index in [1.165, 1.54) is 35.8 Å². The molecule has 5 nitrogen and oxygen atoms in total. The van der Waals surface area contributed by atoms with Gasteiger partial charge < -0.3 is 10.0 Å². The number of hydrogen-bond acceptors (Lipinski definition) is 4. The first-order valence-corrected chi connectivity index (χ1v) is 13.5. The van der Waals surface area contributed by atoms with Crippen molar-refractivity contribution in [2.24, 2.45) is 5.92 Å². The van der Waals surface area contributed by atoms with Crippen molar-refractivity contribution in [2.45, 2.75) is 44.0 Å². The highest BCUT2D eigenvalue weighted by atomic mass is 32.2. The Bertz CT molecular complexity index is 1150. The fourth-order valence-corrected chi connectivity index (χ4v) is 6.10. The van der Waals surface area contributed by atoms with Crippen LogP contribution < -0.4 is 4.31 Å². The predicted octanol–water partition coefficient (Wildman–Crippen LogP) is 5.45. The van der Waals surface area contributed by atoms with Crippen molar-refractivity contribution in [3.63, 3.8) is 0 Å². The summed E-state index contributed by atoms with van der Waals surface area (Å²) in [6, 6.07) is 23.1. The molecular formula is C28H34N2O3S. The van der Waals surface area contributed by atoms with E-state index in [-0.39, 0.29) is 17.2 Å². The quantitative estimate of drug-likeness (QED) is 0.444. The fourth-order valence-electron chi connectivity index (χ4n) is 4.63. The molecule has 34 heavy (non-hydrogen) atoms. The van der Waals surface area contributed by atoms with Crippen molar-refractivity contribution in [3.05, 3.63) is 90.0 Å². The van der Waals surface area contributed by atoms with E-state index in [4.69, 9.17) is 0 Å². The maximum absolute atomic E-state index is 13.5. The first kappa shape index (κ1) is 24.3. The highest BCUT2D eigenvalue weighted by molar-refractivity contribution is 7.92. The Hall–Kier alpha value is -2.83. The maximum atomic E-state index is 13.5. The standard InChI is InChI=1S/C28H34N2O3S/c1-23-7-5-19-29(21-23)20-6-8-24-11-15-26(16-12-24)30(22-25-13-17-27(31)18-14-25)34(32,33)28-9-3-2-4-10-28/h2-4,9-18,23,31H,5-8,19-22H2,1H3. The Morgan fingerprint density at radius 3 is 2.29 bits per heavy atom. The van der Waals surface area contributed by atoms with Crippen LogP contribution in [0.3, 0.4) is 0 Å². The van der Waals surface area contributed by atoms with Crippen LogP contribution in [0.1, 0.15) is 37.3 Å². The van der Waals surface area contributed by atoms with Gasteiger partial charge in [0.25, 0.3) is 10.0 Å². The van der Waals surface area contributed by atoms with E-state index in [0.717, 1.165) is 30.9 Å². The summed E-state index contributed by atoms with van der Waals surface area (Å²) < 4.78 is 28.5. The van der Waals surface area contributed by atoms with Gasteiger partial charge in [-0.3, -0.25) is 4.31 Å². The minimum atomic E-state index is -3.75. The zero-order chi connectivity index (χ0) is 24.0. The third kappa shape index (κ3) is 6.19. The van der Waals surface area contributed by atoms with E-state index in [1.54, 1.807) is 48.5 Å². The maximum Gasteiger partial charge on any atom is 0.264 e. The summed E-state index contributed by atoms with van der Waals surface area (Å²) in [4.78, 5) is 2.82. The molecule has 1 fully saturated rings. The van der Waals surface area contributed by atoms with Crippen LogP contribution in [0.25, 0.3) is 0 Å². The molecule has 0 amide bonds. The number of hydrogen-bond donors (Lipinski definition) is 1. The number of nitrogens with zero attached hydrogens (tertiary/aromatic N) is 2. The van der Waals surface area contributed by atoms with Crippen LogP contribution in [0.2, 0.25) is 0 Å². The van der Waals surface area contributed by atoms with E-state index in [1.807, 2.05) is 30.3 Å². The lowest BCUT2D eigenvalue weighted by Crippen LogP contribution is -2.35. The van der Waals surface area contributed by atoms with Crippen molar-refractivity contribution >= 4 is 15.7 Å². The van der Waals surface area contributed by atoms with Gasteiger partial charge >= 0.3 is 0 Å². The van der Waals surface area contributed by atoms with Crippen LogP contribution >= 0.6 is 0 Å². The minimum absolute atomic E-state index is 0.157. The number of phenols is 1. The Morgan fingerprint density at radius 2 is 1.62 bits per heavy atom. The lowest BCUT2D eigenvalue weighted by molar-refractivity contribution is 0.182. The van der Waals surface area contributed by atoms with Crippen LogP contribution in [-0.2, 0) is 23.0 Å². The smallest absolute Gasteiger partial charge is 0.264 e. The first-order valence-electron chi connectivity index (χ1n) is 12.1. The Labute approximate surface area is 203 Å². The van der Waals surface area contributed by atoms with Gasteiger partial charge in [-0.05, 0) is 92.2 Å². The third-order valence-electron chi connectivity index (χ3n) is 6.50. The van der Waals surface area contributed by atoms with Gasteiger partial charge in [0.05, 0.1) is 17.1 Å². The van der Waals surface area contributed by atoms with E-state index in [0.29, 0.717) is 5.69 Å². The molecule has 1 saturated heterocycles. The van der Waals surface area contributed by atoms with Gasteiger partial charge in [-0.1, -0.05) is 49.4 Å². The van der Waals surface area contributed by atoms with E-state index in [2.05, 4.69) is 11.8 Å². The summed E-state index contributed by atoms with van der Waals surface area (Å²) in [7, 11) is -3.75. The number of aryl methyl sites for hydroxylation is 1. The normalized spacial score (nSPS) is 16.9. The van der Waals surface area contributed by atoms with Gasteiger partial charge in [0, 0.05) is 6.54 Å². The topological polar surface area (TPSA) is 60.9 Å². The van der Waals surface area contributed by atoms with Crippen molar-refractivity contribution in [2.75, 3.05) is 23.9 Å². The lowest BCUT2D eigenvalue weighted by atomic mass is 10.00. The molecule has 0 bridgehead atoms. The van der Waals surface area contributed by atoms with E-state index in [9.17, 15) is 13.5 Å². The summed E-state index contributed by atoms with van der Waals surface area (Å²) in [5, 5.41) is 9.61. The molecule has 0 spiro atoms. The number of phenolic OH excluding ortho intramolecular Hbond substituents is 1. The summed E-state index contributed by atoms with van der Waals surface area (Å²) in [5.74, 6) is 0.948. The number of anilines is 1. The van der Waals surface area contributed by atoms with Gasteiger partial charge in [0.15, 0.2) is 0 Å².